The molecule has 0 bridgehead atoms. The number of guanidine groups is 1. The first-order chi connectivity index (χ1) is 9.71. The Balaban J connectivity index is 0.00000400. The van der Waals surface area contributed by atoms with E-state index in [2.05, 4.69) is 22.2 Å². The van der Waals surface area contributed by atoms with E-state index in [9.17, 15) is 4.39 Å². The van der Waals surface area contributed by atoms with E-state index in [1.807, 2.05) is 6.92 Å². The fourth-order valence-corrected chi connectivity index (χ4v) is 1.59. The number of hydrogen-bond acceptors (Lipinski definition) is 2. The van der Waals surface area contributed by atoms with Crippen LogP contribution in [-0.4, -0.2) is 32.2 Å². The van der Waals surface area contributed by atoms with Gasteiger partial charge in [0.1, 0.15) is 6.10 Å². The second kappa shape index (κ2) is 11.4. The van der Waals surface area contributed by atoms with Crippen molar-refractivity contribution in [2.45, 2.75) is 19.4 Å². The average molecular weight is 407 g/mol. The highest BCUT2D eigenvalue weighted by molar-refractivity contribution is 14.0. The summed E-state index contributed by atoms with van der Waals surface area (Å²) in [6, 6.07) is 6.41. The molecule has 21 heavy (non-hydrogen) atoms. The van der Waals surface area contributed by atoms with Gasteiger partial charge in [-0.05, 0) is 18.6 Å². The van der Waals surface area contributed by atoms with Crippen molar-refractivity contribution in [3.8, 4) is 5.75 Å². The van der Waals surface area contributed by atoms with Gasteiger partial charge in [0, 0.05) is 13.6 Å². The quantitative estimate of drug-likeness (QED) is 0.316. The van der Waals surface area contributed by atoms with Crippen LogP contribution in [0.4, 0.5) is 4.39 Å². The van der Waals surface area contributed by atoms with Gasteiger partial charge in [0.05, 0.1) is 6.54 Å². The predicted octanol–water partition coefficient (Wildman–Crippen LogP) is 2.95. The van der Waals surface area contributed by atoms with E-state index in [-0.39, 0.29) is 41.6 Å². The van der Waals surface area contributed by atoms with Gasteiger partial charge in [-0.15, -0.1) is 30.6 Å². The number of para-hydroxylation sites is 1. The van der Waals surface area contributed by atoms with Crippen molar-refractivity contribution in [3.05, 3.63) is 42.7 Å². The highest BCUT2D eigenvalue weighted by Crippen LogP contribution is 2.17. The van der Waals surface area contributed by atoms with E-state index in [0.29, 0.717) is 19.0 Å². The summed E-state index contributed by atoms with van der Waals surface area (Å²) < 4.78 is 19.2. The normalized spacial score (nSPS) is 12.0. The minimum Gasteiger partial charge on any atom is -0.486 e. The fraction of sp³-hybridized carbons (Fsp3) is 0.400. The fourth-order valence-electron chi connectivity index (χ4n) is 1.59. The maximum absolute atomic E-state index is 13.5. The Kier molecular flexibility index (Phi) is 10.7. The first-order valence-electron chi connectivity index (χ1n) is 6.67. The first-order valence-corrected chi connectivity index (χ1v) is 6.67. The summed E-state index contributed by atoms with van der Waals surface area (Å²) in [5.74, 6) is 0.593. The molecule has 6 heteroatoms. The number of halogens is 2. The molecule has 0 saturated heterocycles. The van der Waals surface area contributed by atoms with E-state index in [4.69, 9.17) is 4.74 Å². The number of benzene rings is 1. The van der Waals surface area contributed by atoms with Crippen LogP contribution >= 0.6 is 24.0 Å². The minimum atomic E-state index is -0.347. The lowest BCUT2D eigenvalue weighted by Gasteiger charge is -2.20. The van der Waals surface area contributed by atoms with Gasteiger partial charge in [-0.1, -0.05) is 25.1 Å². The lowest BCUT2D eigenvalue weighted by atomic mass is 10.2. The van der Waals surface area contributed by atoms with Gasteiger partial charge in [0.2, 0.25) is 0 Å². The summed E-state index contributed by atoms with van der Waals surface area (Å²) in [6.45, 7) is 6.80. The zero-order valence-electron chi connectivity index (χ0n) is 12.4. The Labute approximate surface area is 142 Å². The van der Waals surface area contributed by atoms with Crippen molar-refractivity contribution in [1.82, 2.24) is 10.6 Å². The summed E-state index contributed by atoms with van der Waals surface area (Å²) in [5, 5.41) is 6.20. The Morgan fingerprint density at radius 3 is 2.71 bits per heavy atom. The number of rotatable bonds is 7. The molecule has 0 aliphatic carbocycles. The smallest absolute Gasteiger partial charge is 0.191 e. The molecular formula is C15H23FIN3O. The number of ether oxygens (including phenoxy) is 1. The second-order valence-corrected chi connectivity index (χ2v) is 4.20. The van der Waals surface area contributed by atoms with Crippen molar-refractivity contribution >= 4 is 29.9 Å². The maximum atomic E-state index is 13.5. The van der Waals surface area contributed by atoms with Crippen LogP contribution < -0.4 is 15.4 Å². The Morgan fingerprint density at radius 2 is 2.14 bits per heavy atom. The van der Waals surface area contributed by atoms with Crippen LogP contribution in [0.5, 0.6) is 5.75 Å². The van der Waals surface area contributed by atoms with Gasteiger partial charge in [-0.2, -0.15) is 0 Å². The molecule has 0 aliphatic rings. The summed E-state index contributed by atoms with van der Waals surface area (Å²) in [5.41, 5.74) is 0. The van der Waals surface area contributed by atoms with Crippen LogP contribution in [-0.2, 0) is 0 Å². The van der Waals surface area contributed by atoms with Crippen molar-refractivity contribution in [2.75, 3.05) is 20.1 Å². The highest BCUT2D eigenvalue weighted by atomic mass is 127. The standard InChI is InChI=1S/C15H22FN3O.HI/c1-4-10-18-15(17-3)19-11-12(5-2)20-14-9-7-6-8-13(14)16;/h4,6-9,12H,1,5,10-11H2,2-3H3,(H2,17,18,19);1H. The minimum absolute atomic E-state index is 0. The molecule has 0 aliphatic heterocycles. The SMILES string of the molecule is C=CCNC(=NC)NCC(CC)Oc1ccccc1F.I. The van der Waals surface area contributed by atoms with Crippen LogP contribution in [0.1, 0.15) is 13.3 Å². The Morgan fingerprint density at radius 1 is 1.43 bits per heavy atom. The van der Waals surface area contributed by atoms with E-state index in [1.165, 1.54) is 6.07 Å². The van der Waals surface area contributed by atoms with Gasteiger partial charge in [-0.25, -0.2) is 4.39 Å². The molecule has 1 aromatic carbocycles. The lowest BCUT2D eigenvalue weighted by molar-refractivity contribution is 0.191. The van der Waals surface area contributed by atoms with Crippen LogP contribution in [0, 0.1) is 5.82 Å². The number of nitrogens with one attached hydrogen (secondary N) is 2. The molecule has 0 heterocycles. The molecule has 118 valence electrons. The summed E-state index contributed by atoms with van der Waals surface area (Å²) >= 11 is 0. The molecule has 1 unspecified atom stereocenters. The van der Waals surface area contributed by atoms with E-state index < -0.39 is 0 Å². The molecule has 1 rings (SSSR count). The summed E-state index contributed by atoms with van der Waals surface area (Å²) in [7, 11) is 1.69. The van der Waals surface area contributed by atoms with Crippen LogP contribution in [0.2, 0.25) is 0 Å². The van der Waals surface area contributed by atoms with Crippen LogP contribution in [0.15, 0.2) is 41.9 Å². The molecule has 0 spiro atoms. The third kappa shape index (κ3) is 7.31. The largest absolute Gasteiger partial charge is 0.486 e. The summed E-state index contributed by atoms with van der Waals surface area (Å²) in [6.07, 6.45) is 2.38. The highest BCUT2D eigenvalue weighted by Gasteiger charge is 2.11. The Bertz CT molecular complexity index is 454. The predicted molar refractivity (Wildman–Crippen MR) is 96.1 cm³/mol. The van der Waals surface area contributed by atoms with Crippen molar-refractivity contribution < 1.29 is 9.13 Å². The topological polar surface area (TPSA) is 45.7 Å². The number of hydrogen-bond donors (Lipinski definition) is 2. The zero-order chi connectivity index (χ0) is 14.8. The Hall–Kier alpha value is -1.31. The molecule has 4 nitrogen and oxygen atoms in total. The molecule has 0 aromatic heterocycles. The van der Waals surface area contributed by atoms with Crippen LogP contribution in [0.25, 0.3) is 0 Å². The van der Waals surface area contributed by atoms with Gasteiger partial charge >= 0.3 is 0 Å². The van der Waals surface area contributed by atoms with Gasteiger partial charge in [0.15, 0.2) is 17.5 Å². The number of aliphatic imine (C=N–C) groups is 1. The monoisotopic (exact) mass is 407 g/mol. The molecule has 1 aromatic rings. The van der Waals surface area contributed by atoms with E-state index in [0.717, 1.165) is 6.42 Å². The molecule has 0 saturated carbocycles. The number of nitrogens with zero attached hydrogens (tertiary/aromatic N) is 1. The second-order valence-electron chi connectivity index (χ2n) is 4.20. The average Bonchev–Trinajstić information content (AvgIpc) is 2.48. The molecule has 0 fully saturated rings. The molecule has 0 radical (unpaired) electrons. The molecule has 0 amide bonds. The van der Waals surface area contributed by atoms with Crippen molar-refractivity contribution in [2.24, 2.45) is 4.99 Å². The third-order valence-electron chi connectivity index (χ3n) is 2.72. The van der Waals surface area contributed by atoms with Crippen LogP contribution in [0.3, 0.4) is 0 Å². The van der Waals surface area contributed by atoms with Gasteiger partial charge < -0.3 is 15.4 Å². The summed E-state index contributed by atoms with van der Waals surface area (Å²) in [4.78, 5) is 4.07. The third-order valence-corrected chi connectivity index (χ3v) is 2.72. The van der Waals surface area contributed by atoms with Crippen molar-refractivity contribution in [3.63, 3.8) is 0 Å². The first kappa shape index (κ1) is 19.7. The molecule has 1 atom stereocenters. The van der Waals surface area contributed by atoms with Crippen molar-refractivity contribution in [1.29, 1.82) is 0 Å². The molecular weight excluding hydrogens is 384 g/mol. The molecule has 2 N–H and O–H groups in total. The van der Waals surface area contributed by atoms with Gasteiger partial charge in [0.25, 0.3) is 0 Å². The lowest BCUT2D eigenvalue weighted by Crippen LogP contribution is -2.42. The van der Waals surface area contributed by atoms with Gasteiger partial charge in [-0.3, -0.25) is 4.99 Å². The zero-order valence-corrected chi connectivity index (χ0v) is 14.8. The maximum Gasteiger partial charge on any atom is 0.191 e. The van der Waals surface area contributed by atoms with E-state index in [1.54, 1.807) is 31.3 Å². The van der Waals surface area contributed by atoms with E-state index >= 15 is 0 Å².